The van der Waals surface area contributed by atoms with Gasteiger partial charge in [-0.05, 0) is 31.2 Å². The Morgan fingerprint density at radius 2 is 1.95 bits per heavy atom. The molecule has 0 radical (unpaired) electrons. The molecule has 6 nitrogen and oxygen atoms in total. The van der Waals surface area contributed by atoms with Crippen molar-refractivity contribution in [3.63, 3.8) is 0 Å². The van der Waals surface area contributed by atoms with Gasteiger partial charge in [0.05, 0.1) is 6.33 Å². The molecule has 0 bridgehead atoms. The van der Waals surface area contributed by atoms with Gasteiger partial charge in [0.25, 0.3) is 11.5 Å². The highest BCUT2D eigenvalue weighted by Crippen LogP contribution is 2.11. The molecule has 0 unspecified atom stereocenters. The maximum Gasteiger partial charge on any atom is 0.256 e. The van der Waals surface area contributed by atoms with Crippen LogP contribution in [0.2, 0.25) is 0 Å². The Balaban J connectivity index is 1.93. The van der Waals surface area contributed by atoms with E-state index in [1.807, 2.05) is 31.1 Å². The Morgan fingerprint density at radius 3 is 2.59 bits per heavy atom. The first-order valence-electron chi connectivity index (χ1n) is 7.05. The third-order valence-corrected chi connectivity index (χ3v) is 3.36. The molecule has 0 atom stereocenters. The van der Waals surface area contributed by atoms with Crippen LogP contribution in [0.5, 0.6) is 0 Å². The predicted octanol–water partition coefficient (Wildman–Crippen LogP) is 1.05. The molecule has 22 heavy (non-hydrogen) atoms. The maximum atomic E-state index is 12.0. The van der Waals surface area contributed by atoms with E-state index in [1.54, 1.807) is 19.1 Å². The normalized spacial score (nSPS) is 10.3. The second kappa shape index (κ2) is 6.89. The summed E-state index contributed by atoms with van der Waals surface area (Å²) in [6, 6.07) is 7.35. The fourth-order valence-corrected chi connectivity index (χ4v) is 2.02. The lowest BCUT2D eigenvalue weighted by molar-refractivity contribution is 0.0952. The van der Waals surface area contributed by atoms with E-state index in [0.717, 1.165) is 5.69 Å². The minimum Gasteiger partial charge on any atom is -0.378 e. The second-order valence-electron chi connectivity index (χ2n) is 5.27. The summed E-state index contributed by atoms with van der Waals surface area (Å²) in [6.07, 6.45) is 3.01. The molecule has 0 aliphatic heterocycles. The Bertz CT molecular complexity index is 705. The lowest BCUT2D eigenvalue weighted by Gasteiger charge is -2.12. The standard InChI is InChI=1S/C16H20N4O2/c1-12-10-17-11-20(16(12)22)9-8-18-15(21)13-4-6-14(7-5-13)19(2)3/h4-7,10-11H,8-9H2,1-3H3,(H,18,21). The lowest BCUT2D eigenvalue weighted by atomic mass is 10.2. The summed E-state index contributed by atoms with van der Waals surface area (Å²) in [7, 11) is 3.89. The zero-order chi connectivity index (χ0) is 16.1. The molecule has 1 amide bonds. The lowest BCUT2D eigenvalue weighted by Crippen LogP contribution is -2.31. The fraction of sp³-hybridized carbons (Fsp3) is 0.312. The molecule has 1 N–H and O–H groups in total. The monoisotopic (exact) mass is 300 g/mol. The second-order valence-corrected chi connectivity index (χ2v) is 5.27. The quantitative estimate of drug-likeness (QED) is 0.896. The van der Waals surface area contributed by atoms with E-state index in [-0.39, 0.29) is 11.5 Å². The first kappa shape index (κ1) is 15.8. The number of aromatic nitrogens is 2. The number of anilines is 1. The van der Waals surface area contributed by atoms with Crippen molar-refractivity contribution in [1.29, 1.82) is 0 Å². The van der Waals surface area contributed by atoms with Gasteiger partial charge in [0, 0.05) is 50.2 Å². The van der Waals surface area contributed by atoms with Crippen LogP contribution in [0.1, 0.15) is 15.9 Å². The van der Waals surface area contributed by atoms with E-state index in [4.69, 9.17) is 0 Å². The van der Waals surface area contributed by atoms with E-state index in [0.29, 0.717) is 24.2 Å². The van der Waals surface area contributed by atoms with E-state index in [9.17, 15) is 9.59 Å². The molecule has 0 saturated heterocycles. The van der Waals surface area contributed by atoms with E-state index < -0.39 is 0 Å². The van der Waals surface area contributed by atoms with Crippen molar-refractivity contribution in [2.24, 2.45) is 0 Å². The molecular formula is C16H20N4O2. The summed E-state index contributed by atoms with van der Waals surface area (Å²) in [5.74, 6) is -0.154. The molecule has 0 aliphatic carbocycles. The predicted molar refractivity (Wildman–Crippen MR) is 86.3 cm³/mol. The van der Waals surface area contributed by atoms with Crippen molar-refractivity contribution in [2.75, 3.05) is 25.5 Å². The van der Waals surface area contributed by atoms with Gasteiger partial charge in [0.1, 0.15) is 0 Å². The number of hydrogen-bond donors (Lipinski definition) is 1. The molecule has 1 aromatic carbocycles. The Morgan fingerprint density at radius 1 is 1.27 bits per heavy atom. The van der Waals surface area contributed by atoms with Crippen LogP contribution in [0.3, 0.4) is 0 Å². The number of amides is 1. The number of hydrogen-bond acceptors (Lipinski definition) is 4. The summed E-state index contributed by atoms with van der Waals surface area (Å²) in [5.41, 5.74) is 2.14. The molecule has 1 heterocycles. The van der Waals surface area contributed by atoms with Gasteiger partial charge < -0.3 is 10.2 Å². The van der Waals surface area contributed by atoms with Crippen molar-refractivity contribution in [3.05, 3.63) is 58.3 Å². The number of rotatable bonds is 5. The summed E-state index contributed by atoms with van der Waals surface area (Å²) in [6.45, 7) is 2.49. The fourth-order valence-electron chi connectivity index (χ4n) is 2.02. The molecular weight excluding hydrogens is 280 g/mol. The first-order chi connectivity index (χ1) is 10.5. The number of benzene rings is 1. The highest BCUT2D eigenvalue weighted by atomic mass is 16.1. The summed E-state index contributed by atoms with van der Waals surface area (Å²) < 4.78 is 1.49. The van der Waals surface area contributed by atoms with Crippen LogP contribution in [-0.4, -0.2) is 36.1 Å². The summed E-state index contributed by atoms with van der Waals surface area (Å²) in [5, 5.41) is 2.80. The molecule has 0 fully saturated rings. The average molecular weight is 300 g/mol. The largest absolute Gasteiger partial charge is 0.378 e. The smallest absolute Gasteiger partial charge is 0.256 e. The van der Waals surface area contributed by atoms with Crippen molar-refractivity contribution in [1.82, 2.24) is 14.9 Å². The van der Waals surface area contributed by atoms with E-state index in [2.05, 4.69) is 10.3 Å². The van der Waals surface area contributed by atoms with Gasteiger partial charge in [0.15, 0.2) is 0 Å². The van der Waals surface area contributed by atoms with Crippen LogP contribution >= 0.6 is 0 Å². The Kier molecular flexibility index (Phi) is 4.93. The minimum absolute atomic E-state index is 0.0837. The van der Waals surface area contributed by atoms with Gasteiger partial charge in [-0.25, -0.2) is 4.98 Å². The van der Waals surface area contributed by atoms with Crippen LogP contribution in [0.25, 0.3) is 0 Å². The summed E-state index contributed by atoms with van der Waals surface area (Å²) in [4.78, 5) is 29.8. The average Bonchev–Trinajstić information content (AvgIpc) is 2.51. The summed E-state index contributed by atoms with van der Waals surface area (Å²) >= 11 is 0. The molecule has 116 valence electrons. The van der Waals surface area contributed by atoms with Crippen LogP contribution < -0.4 is 15.8 Å². The van der Waals surface area contributed by atoms with Crippen molar-refractivity contribution < 1.29 is 4.79 Å². The third kappa shape index (κ3) is 3.72. The van der Waals surface area contributed by atoms with Gasteiger partial charge in [-0.15, -0.1) is 0 Å². The van der Waals surface area contributed by atoms with Crippen LogP contribution in [0.4, 0.5) is 5.69 Å². The van der Waals surface area contributed by atoms with Crippen LogP contribution in [0, 0.1) is 6.92 Å². The van der Waals surface area contributed by atoms with E-state index >= 15 is 0 Å². The van der Waals surface area contributed by atoms with Crippen molar-refractivity contribution in [3.8, 4) is 0 Å². The Labute approximate surface area is 129 Å². The zero-order valence-corrected chi connectivity index (χ0v) is 13.0. The van der Waals surface area contributed by atoms with Crippen LogP contribution in [0.15, 0.2) is 41.6 Å². The molecule has 0 saturated carbocycles. The van der Waals surface area contributed by atoms with Gasteiger partial charge in [-0.2, -0.15) is 0 Å². The maximum absolute atomic E-state index is 12.0. The van der Waals surface area contributed by atoms with Gasteiger partial charge in [0.2, 0.25) is 0 Å². The Hall–Kier alpha value is -2.63. The highest BCUT2D eigenvalue weighted by molar-refractivity contribution is 5.94. The van der Waals surface area contributed by atoms with Crippen molar-refractivity contribution in [2.45, 2.75) is 13.5 Å². The number of carbonyl (C=O) groups excluding carboxylic acids is 1. The van der Waals surface area contributed by atoms with Gasteiger partial charge >= 0.3 is 0 Å². The number of nitrogens with zero attached hydrogens (tertiary/aromatic N) is 3. The van der Waals surface area contributed by atoms with Gasteiger partial charge in [-0.3, -0.25) is 14.2 Å². The molecule has 1 aromatic heterocycles. The SMILES string of the molecule is Cc1cncn(CCNC(=O)c2ccc(N(C)C)cc2)c1=O. The first-order valence-corrected chi connectivity index (χ1v) is 7.05. The highest BCUT2D eigenvalue weighted by Gasteiger charge is 2.06. The van der Waals surface area contributed by atoms with Gasteiger partial charge in [-0.1, -0.05) is 0 Å². The topological polar surface area (TPSA) is 67.2 Å². The zero-order valence-electron chi connectivity index (χ0n) is 13.0. The molecule has 2 rings (SSSR count). The molecule has 2 aromatic rings. The van der Waals surface area contributed by atoms with Crippen LogP contribution in [-0.2, 0) is 6.54 Å². The molecule has 0 aliphatic rings. The molecule has 0 spiro atoms. The third-order valence-electron chi connectivity index (χ3n) is 3.36. The molecule has 6 heteroatoms. The van der Waals surface area contributed by atoms with E-state index in [1.165, 1.54) is 17.1 Å². The number of carbonyl (C=O) groups is 1. The van der Waals surface area contributed by atoms with Crippen molar-refractivity contribution >= 4 is 11.6 Å². The number of aryl methyl sites for hydroxylation is 1. The number of nitrogens with one attached hydrogen (secondary N) is 1. The minimum atomic E-state index is -0.154.